The second-order valence-corrected chi connectivity index (χ2v) is 13.9. The number of Topliss-reactive ketones (excluding diaryl/α,β-unsaturated/α-hetero) is 2. The van der Waals surface area contributed by atoms with Crippen LogP contribution in [0.4, 0.5) is 0 Å². The highest BCUT2D eigenvalue weighted by Crippen LogP contribution is 2.58. The Bertz CT molecular complexity index is 922. The SMILES string of the molecule is C=C1CCC2OC(C)(C)C(=O)CCC2(C)C1CCC1(O)C(C)CCC2OC(C)(C)C(=O)C(O)CC21C. The number of fused-ring (bicyclic) bond motifs is 2. The molecule has 0 amide bonds. The quantitative estimate of drug-likeness (QED) is 0.530. The van der Waals surface area contributed by atoms with Gasteiger partial charge in [-0.15, -0.1) is 0 Å². The molecule has 6 nitrogen and oxygen atoms in total. The monoisotopic (exact) mass is 504 g/mol. The van der Waals surface area contributed by atoms with E-state index in [-0.39, 0.29) is 47.4 Å². The molecule has 4 rings (SSSR count). The highest BCUT2D eigenvalue weighted by atomic mass is 16.5. The number of aliphatic hydroxyl groups excluding tert-OH is 1. The molecule has 4 aliphatic rings. The maximum atomic E-state index is 12.9. The van der Waals surface area contributed by atoms with Crippen molar-refractivity contribution in [3.63, 3.8) is 0 Å². The minimum Gasteiger partial charge on any atom is -0.389 e. The standard InChI is InChI=1S/C30H48O6/c1-18-9-11-23-28(7,15-14-22(32)26(3,4)35-23)20(18)13-16-30(34)19(2)10-12-24-29(30,8)17-21(31)25(33)27(5,6)36-24/h19-21,23-24,31,34H,1,9-17H2,2-8H3. The fourth-order valence-electron chi connectivity index (χ4n) is 8.18. The van der Waals surface area contributed by atoms with Crippen molar-refractivity contribution in [1.82, 2.24) is 0 Å². The number of allylic oxidation sites excluding steroid dienone is 1. The summed E-state index contributed by atoms with van der Waals surface area (Å²) in [7, 11) is 0. The summed E-state index contributed by atoms with van der Waals surface area (Å²) in [6.07, 6.45) is 4.44. The Labute approximate surface area is 217 Å². The Kier molecular flexibility index (Phi) is 6.98. The average molecular weight is 505 g/mol. The van der Waals surface area contributed by atoms with E-state index < -0.39 is 28.3 Å². The lowest BCUT2D eigenvalue weighted by Gasteiger charge is -2.57. The van der Waals surface area contributed by atoms with Crippen molar-refractivity contribution < 1.29 is 29.3 Å². The number of ether oxygens (including phenoxy) is 2. The number of carbonyl (C=O) groups excluding carboxylic acids is 2. The number of aliphatic hydroxyl groups is 2. The third-order valence-electron chi connectivity index (χ3n) is 10.9. The summed E-state index contributed by atoms with van der Waals surface area (Å²) < 4.78 is 12.8. The largest absolute Gasteiger partial charge is 0.389 e. The van der Waals surface area contributed by atoms with Gasteiger partial charge in [0.05, 0.1) is 17.8 Å². The van der Waals surface area contributed by atoms with Gasteiger partial charge in [-0.1, -0.05) is 32.9 Å². The molecule has 8 atom stereocenters. The first-order chi connectivity index (χ1) is 16.5. The van der Waals surface area contributed by atoms with E-state index in [2.05, 4.69) is 20.4 Å². The fourth-order valence-corrected chi connectivity index (χ4v) is 8.18. The van der Waals surface area contributed by atoms with Crippen LogP contribution in [0.1, 0.15) is 106 Å². The van der Waals surface area contributed by atoms with Crippen molar-refractivity contribution in [3.05, 3.63) is 12.2 Å². The molecule has 2 aliphatic heterocycles. The second-order valence-electron chi connectivity index (χ2n) is 13.9. The van der Waals surface area contributed by atoms with Gasteiger partial charge >= 0.3 is 0 Å². The lowest BCUT2D eigenvalue weighted by atomic mass is 9.53. The van der Waals surface area contributed by atoms with Crippen molar-refractivity contribution in [1.29, 1.82) is 0 Å². The molecule has 6 heteroatoms. The van der Waals surface area contributed by atoms with E-state index in [4.69, 9.17) is 9.47 Å². The number of hydrogen-bond donors (Lipinski definition) is 2. The lowest BCUT2D eigenvalue weighted by Crippen LogP contribution is -2.61. The molecule has 2 saturated heterocycles. The summed E-state index contributed by atoms with van der Waals surface area (Å²) in [5.41, 5.74) is -2.80. The first-order valence-corrected chi connectivity index (χ1v) is 14.0. The molecule has 2 heterocycles. The number of carbonyl (C=O) groups is 2. The first kappa shape index (κ1) is 27.9. The van der Waals surface area contributed by atoms with Crippen molar-refractivity contribution in [2.24, 2.45) is 22.7 Å². The minimum absolute atomic E-state index is 0.00258. The van der Waals surface area contributed by atoms with E-state index >= 15 is 0 Å². The molecule has 2 N–H and O–H groups in total. The Hall–Kier alpha value is -1.08. The molecule has 0 spiro atoms. The van der Waals surface area contributed by atoms with Gasteiger partial charge in [-0.2, -0.15) is 0 Å². The van der Waals surface area contributed by atoms with Crippen molar-refractivity contribution >= 4 is 11.6 Å². The minimum atomic E-state index is -1.16. The summed E-state index contributed by atoms with van der Waals surface area (Å²) in [5, 5.41) is 23.3. The third-order valence-corrected chi connectivity index (χ3v) is 10.9. The van der Waals surface area contributed by atoms with Crippen molar-refractivity contribution in [2.75, 3.05) is 0 Å². The summed E-state index contributed by atoms with van der Waals surface area (Å²) >= 11 is 0. The highest BCUT2D eigenvalue weighted by Gasteiger charge is 2.62. The van der Waals surface area contributed by atoms with Gasteiger partial charge in [0.1, 0.15) is 17.3 Å². The molecule has 8 unspecified atom stereocenters. The van der Waals surface area contributed by atoms with Gasteiger partial charge in [-0.3, -0.25) is 9.59 Å². The smallest absolute Gasteiger partial charge is 0.192 e. The summed E-state index contributed by atoms with van der Waals surface area (Å²) in [5.74, 6) is -0.0497. The normalized spacial score (nSPS) is 46.9. The molecular weight excluding hydrogens is 456 g/mol. The van der Waals surface area contributed by atoms with E-state index in [1.54, 1.807) is 13.8 Å². The molecule has 36 heavy (non-hydrogen) atoms. The number of ketones is 2. The molecule has 0 aromatic rings. The van der Waals surface area contributed by atoms with Gasteiger partial charge in [-0.05, 0) is 90.9 Å². The molecule has 4 fully saturated rings. The summed E-state index contributed by atoms with van der Waals surface area (Å²) in [6.45, 7) is 18.0. The van der Waals surface area contributed by atoms with E-state index in [1.807, 2.05) is 20.8 Å². The lowest BCUT2D eigenvalue weighted by molar-refractivity contribution is -0.228. The zero-order chi connectivity index (χ0) is 26.9. The molecule has 0 radical (unpaired) electrons. The summed E-state index contributed by atoms with van der Waals surface area (Å²) in [4.78, 5) is 25.7. The van der Waals surface area contributed by atoms with Gasteiger partial charge in [0.15, 0.2) is 11.6 Å². The molecule has 0 aromatic carbocycles. The predicted octanol–water partition coefficient (Wildman–Crippen LogP) is 4.93. The summed E-state index contributed by atoms with van der Waals surface area (Å²) in [6, 6.07) is 0. The first-order valence-electron chi connectivity index (χ1n) is 14.0. The van der Waals surface area contributed by atoms with Crippen LogP contribution in [0.15, 0.2) is 12.2 Å². The van der Waals surface area contributed by atoms with Crippen LogP contribution in [0.25, 0.3) is 0 Å². The maximum absolute atomic E-state index is 12.9. The fraction of sp³-hybridized carbons (Fsp3) is 0.867. The average Bonchev–Trinajstić information content (AvgIpc) is 2.92. The van der Waals surface area contributed by atoms with Crippen LogP contribution in [0, 0.1) is 22.7 Å². The van der Waals surface area contributed by atoms with Crippen LogP contribution in [-0.4, -0.2) is 56.9 Å². The molecule has 2 aliphatic carbocycles. The maximum Gasteiger partial charge on any atom is 0.192 e. The Balaban J connectivity index is 1.64. The van der Waals surface area contributed by atoms with Gasteiger partial charge in [0, 0.05) is 17.3 Å². The van der Waals surface area contributed by atoms with Crippen LogP contribution < -0.4 is 0 Å². The number of rotatable bonds is 3. The molecular formula is C30H48O6. The zero-order valence-corrected chi connectivity index (χ0v) is 23.5. The Morgan fingerprint density at radius 2 is 1.58 bits per heavy atom. The Morgan fingerprint density at radius 1 is 0.944 bits per heavy atom. The van der Waals surface area contributed by atoms with Gasteiger partial charge in [-0.25, -0.2) is 0 Å². The van der Waals surface area contributed by atoms with E-state index in [9.17, 15) is 19.8 Å². The zero-order valence-electron chi connectivity index (χ0n) is 23.5. The van der Waals surface area contributed by atoms with Crippen LogP contribution in [0.5, 0.6) is 0 Å². The van der Waals surface area contributed by atoms with Gasteiger partial charge < -0.3 is 19.7 Å². The van der Waals surface area contributed by atoms with Crippen molar-refractivity contribution in [2.45, 2.75) is 141 Å². The van der Waals surface area contributed by atoms with Gasteiger partial charge in [0.2, 0.25) is 0 Å². The third kappa shape index (κ3) is 4.24. The molecule has 0 aromatic heterocycles. The van der Waals surface area contributed by atoms with Crippen LogP contribution in [0.3, 0.4) is 0 Å². The number of hydrogen-bond acceptors (Lipinski definition) is 6. The second kappa shape index (κ2) is 9.00. The Morgan fingerprint density at radius 3 is 2.25 bits per heavy atom. The van der Waals surface area contributed by atoms with E-state index in [0.717, 1.165) is 38.5 Å². The van der Waals surface area contributed by atoms with Crippen LogP contribution >= 0.6 is 0 Å². The highest BCUT2D eigenvalue weighted by molar-refractivity contribution is 5.90. The molecule has 0 bridgehead atoms. The molecule has 204 valence electrons. The van der Waals surface area contributed by atoms with E-state index in [0.29, 0.717) is 12.8 Å². The van der Waals surface area contributed by atoms with E-state index in [1.165, 1.54) is 5.57 Å². The van der Waals surface area contributed by atoms with Gasteiger partial charge in [0.25, 0.3) is 0 Å². The topological polar surface area (TPSA) is 93.1 Å². The van der Waals surface area contributed by atoms with Crippen LogP contribution in [0.2, 0.25) is 0 Å². The molecule has 2 saturated carbocycles. The predicted molar refractivity (Wildman–Crippen MR) is 138 cm³/mol. The van der Waals surface area contributed by atoms with Crippen molar-refractivity contribution in [3.8, 4) is 0 Å². The van der Waals surface area contributed by atoms with Crippen LogP contribution in [-0.2, 0) is 19.1 Å².